The van der Waals surface area contributed by atoms with Gasteiger partial charge < -0.3 is 0 Å². The van der Waals surface area contributed by atoms with Gasteiger partial charge in [0, 0.05) is 38.1 Å². The summed E-state index contributed by atoms with van der Waals surface area (Å²) in [5.74, 6) is -0.155. The second-order valence-corrected chi connectivity index (χ2v) is 7.00. The lowest BCUT2D eigenvalue weighted by Gasteiger charge is -2.40. The number of hydrogen-bond acceptors (Lipinski definition) is 3. The molecule has 0 spiro atoms. The van der Waals surface area contributed by atoms with Gasteiger partial charge in [0.1, 0.15) is 5.82 Å². The fourth-order valence-electron chi connectivity index (χ4n) is 4.01. The lowest BCUT2D eigenvalue weighted by molar-refractivity contribution is 0.0948. The van der Waals surface area contributed by atoms with Crippen LogP contribution in [0, 0.1) is 5.82 Å². The molecule has 126 valence electrons. The Morgan fingerprint density at radius 1 is 1.00 bits per heavy atom. The maximum absolute atomic E-state index is 13.0. The number of fused-ring (bicyclic) bond motifs is 1. The normalized spacial score (nSPS) is 20.0. The van der Waals surface area contributed by atoms with Crippen molar-refractivity contribution in [3.05, 3.63) is 65.2 Å². The molecule has 0 saturated carbocycles. The fourth-order valence-corrected chi connectivity index (χ4v) is 4.01. The van der Waals surface area contributed by atoms with Crippen LogP contribution in [-0.2, 0) is 19.5 Å². The van der Waals surface area contributed by atoms with Crippen molar-refractivity contribution in [2.24, 2.45) is 0 Å². The summed E-state index contributed by atoms with van der Waals surface area (Å²) in [4.78, 5) is 9.41. The number of piperidine rings is 1. The number of nitrogens with zero attached hydrogens (tertiary/aromatic N) is 3. The predicted molar refractivity (Wildman–Crippen MR) is 93.1 cm³/mol. The minimum absolute atomic E-state index is 0.155. The molecule has 1 aromatic carbocycles. The van der Waals surface area contributed by atoms with Crippen LogP contribution in [0.15, 0.2) is 42.7 Å². The summed E-state index contributed by atoms with van der Waals surface area (Å²) in [5.41, 5.74) is 4.07. The van der Waals surface area contributed by atoms with E-state index in [1.807, 2.05) is 24.5 Å². The molecule has 3 nitrogen and oxygen atoms in total. The zero-order valence-electron chi connectivity index (χ0n) is 14.0. The molecule has 0 amide bonds. The summed E-state index contributed by atoms with van der Waals surface area (Å²) in [7, 11) is 0. The minimum Gasteiger partial charge on any atom is -0.299 e. The van der Waals surface area contributed by atoms with Gasteiger partial charge >= 0.3 is 0 Å². The van der Waals surface area contributed by atoms with E-state index >= 15 is 0 Å². The monoisotopic (exact) mass is 325 g/mol. The van der Waals surface area contributed by atoms with Crippen molar-refractivity contribution >= 4 is 0 Å². The van der Waals surface area contributed by atoms with E-state index in [-0.39, 0.29) is 5.82 Å². The first kappa shape index (κ1) is 15.7. The van der Waals surface area contributed by atoms with Crippen LogP contribution in [-0.4, -0.2) is 40.5 Å². The number of hydrogen-bond donors (Lipinski definition) is 0. The minimum atomic E-state index is -0.155. The number of rotatable bonds is 3. The third-order valence-corrected chi connectivity index (χ3v) is 5.44. The largest absolute Gasteiger partial charge is 0.299 e. The van der Waals surface area contributed by atoms with Crippen molar-refractivity contribution in [3.8, 4) is 0 Å². The first-order valence-corrected chi connectivity index (χ1v) is 8.90. The van der Waals surface area contributed by atoms with Gasteiger partial charge in [0.15, 0.2) is 0 Å². The second kappa shape index (κ2) is 6.99. The second-order valence-electron chi connectivity index (χ2n) is 7.00. The highest BCUT2D eigenvalue weighted by atomic mass is 19.1. The summed E-state index contributed by atoms with van der Waals surface area (Å²) < 4.78 is 13.0. The Bertz CT molecular complexity index is 678. The topological polar surface area (TPSA) is 19.4 Å². The van der Waals surface area contributed by atoms with Crippen LogP contribution >= 0.6 is 0 Å². The zero-order valence-corrected chi connectivity index (χ0v) is 14.0. The molecule has 0 N–H and O–H groups in total. The molecule has 0 radical (unpaired) electrons. The van der Waals surface area contributed by atoms with Gasteiger partial charge in [-0.25, -0.2) is 4.39 Å². The van der Waals surface area contributed by atoms with Crippen LogP contribution in [0.5, 0.6) is 0 Å². The number of likely N-dealkylation sites (tertiary alicyclic amines) is 1. The fraction of sp³-hybridized carbons (Fsp3) is 0.450. The molecule has 2 aliphatic heterocycles. The lowest BCUT2D eigenvalue weighted by atomic mass is 9.96. The first-order valence-electron chi connectivity index (χ1n) is 8.90. The molecule has 0 bridgehead atoms. The van der Waals surface area contributed by atoms with Crippen molar-refractivity contribution in [1.82, 2.24) is 14.8 Å². The number of benzene rings is 1. The van der Waals surface area contributed by atoms with Crippen LogP contribution in [0.4, 0.5) is 4.39 Å². The van der Waals surface area contributed by atoms with Crippen LogP contribution in [0.25, 0.3) is 0 Å². The van der Waals surface area contributed by atoms with Gasteiger partial charge in [-0.05, 0) is 67.2 Å². The van der Waals surface area contributed by atoms with Crippen molar-refractivity contribution in [2.45, 2.75) is 38.4 Å². The van der Waals surface area contributed by atoms with Gasteiger partial charge in [-0.15, -0.1) is 0 Å². The smallest absolute Gasteiger partial charge is 0.123 e. The van der Waals surface area contributed by atoms with Gasteiger partial charge in [-0.1, -0.05) is 12.1 Å². The molecule has 1 fully saturated rings. The third kappa shape index (κ3) is 3.50. The van der Waals surface area contributed by atoms with Crippen molar-refractivity contribution in [3.63, 3.8) is 0 Å². The van der Waals surface area contributed by atoms with Gasteiger partial charge in [-0.2, -0.15) is 0 Å². The zero-order chi connectivity index (χ0) is 16.4. The highest BCUT2D eigenvalue weighted by Crippen LogP contribution is 2.25. The van der Waals surface area contributed by atoms with Gasteiger partial charge in [-0.3, -0.25) is 14.8 Å². The van der Waals surface area contributed by atoms with E-state index in [1.165, 1.54) is 36.1 Å². The predicted octanol–water partition coefficient (Wildman–Crippen LogP) is 3.24. The molecule has 24 heavy (non-hydrogen) atoms. The van der Waals surface area contributed by atoms with Crippen LogP contribution in [0.2, 0.25) is 0 Å². The summed E-state index contributed by atoms with van der Waals surface area (Å²) >= 11 is 0. The summed E-state index contributed by atoms with van der Waals surface area (Å²) in [6, 6.07) is 9.76. The van der Waals surface area contributed by atoms with Crippen molar-refractivity contribution < 1.29 is 4.39 Å². The maximum atomic E-state index is 13.0. The molecular weight excluding hydrogens is 301 g/mol. The van der Waals surface area contributed by atoms with Gasteiger partial charge in [0.25, 0.3) is 0 Å². The molecule has 0 aliphatic carbocycles. The van der Waals surface area contributed by atoms with Gasteiger partial charge in [0.05, 0.1) is 0 Å². The van der Waals surface area contributed by atoms with E-state index in [2.05, 4.69) is 20.9 Å². The van der Waals surface area contributed by atoms with Crippen molar-refractivity contribution in [2.75, 3.05) is 19.6 Å². The van der Waals surface area contributed by atoms with E-state index in [0.717, 1.165) is 32.6 Å². The average Bonchev–Trinajstić information content (AvgIpc) is 2.64. The van der Waals surface area contributed by atoms with E-state index in [1.54, 1.807) is 12.1 Å². The quantitative estimate of drug-likeness (QED) is 0.863. The van der Waals surface area contributed by atoms with Crippen molar-refractivity contribution in [1.29, 1.82) is 0 Å². The van der Waals surface area contributed by atoms with Crippen LogP contribution in [0.1, 0.15) is 29.5 Å². The molecule has 1 saturated heterocycles. The molecule has 0 atom stereocenters. The summed E-state index contributed by atoms with van der Waals surface area (Å²) in [6.07, 6.45) is 7.52. The van der Waals surface area contributed by atoms with E-state index in [0.29, 0.717) is 6.04 Å². The van der Waals surface area contributed by atoms with Crippen LogP contribution < -0.4 is 0 Å². The Kier molecular flexibility index (Phi) is 4.58. The first-order chi connectivity index (χ1) is 11.8. The van der Waals surface area contributed by atoms with E-state index < -0.39 is 0 Å². The Labute approximate surface area is 143 Å². The molecule has 0 unspecified atom stereocenters. The van der Waals surface area contributed by atoms with Gasteiger partial charge in [0.2, 0.25) is 0 Å². The Morgan fingerprint density at radius 3 is 2.58 bits per heavy atom. The Balaban J connectivity index is 1.31. The van der Waals surface area contributed by atoms with E-state index in [4.69, 9.17) is 0 Å². The number of pyridine rings is 1. The van der Waals surface area contributed by atoms with E-state index in [9.17, 15) is 4.39 Å². The molecule has 2 aromatic rings. The molecule has 4 rings (SSSR count). The highest BCUT2D eigenvalue weighted by molar-refractivity contribution is 5.25. The molecular formula is C20H24FN3. The summed E-state index contributed by atoms with van der Waals surface area (Å²) in [6.45, 7) is 5.39. The number of halogens is 1. The SMILES string of the molecule is Fc1ccc(CN2CCC(N3CCc4ccncc4C3)CC2)cc1. The molecule has 2 aliphatic rings. The maximum Gasteiger partial charge on any atom is 0.123 e. The number of aromatic nitrogens is 1. The standard InChI is InChI=1S/C20H24FN3/c21-19-3-1-16(2-4-19)14-23-10-7-20(8-11-23)24-12-6-17-5-9-22-13-18(17)15-24/h1-5,9,13,20H,6-8,10-12,14-15H2. The molecule has 1 aromatic heterocycles. The third-order valence-electron chi connectivity index (χ3n) is 5.44. The lowest BCUT2D eigenvalue weighted by Crippen LogP contribution is -2.46. The Hall–Kier alpha value is -1.78. The molecule has 3 heterocycles. The highest BCUT2D eigenvalue weighted by Gasteiger charge is 2.27. The Morgan fingerprint density at radius 2 is 1.79 bits per heavy atom. The molecule has 4 heteroatoms. The average molecular weight is 325 g/mol. The van der Waals surface area contributed by atoms with Crippen LogP contribution in [0.3, 0.4) is 0 Å². The summed E-state index contributed by atoms with van der Waals surface area (Å²) in [5, 5.41) is 0.